The number of ether oxygens (including phenoxy) is 2. The van der Waals surface area contributed by atoms with Crippen molar-refractivity contribution in [2.75, 3.05) is 19.2 Å². The Balaban J connectivity index is 2.31. The minimum atomic E-state index is -0.160. The lowest BCUT2D eigenvalue weighted by molar-refractivity contribution is -0.119. The predicted molar refractivity (Wildman–Crippen MR) is 111 cm³/mol. The molecule has 8 nitrogen and oxygen atoms in total. The van der Waals surface area contributed by atoms with Gasteiger partial charge in [0.25, 0.3) is 0 Å². The Labute approximate surface area is 173 Å². The third kappa shape index (κ3) is 3.62. The summed E-state index contributed by atoms with van der Waals surface area (Å²) in [4.78, 5) is 26.4. The number of allylic oxidation sites excluding steroid dienone is 1. The summed E-state index contributed by atoms with van der Waals surface area (Å²) in [5.74, 6) is 1.50. The molecule has 0 bridgehead atoms. The molecule has 1 amide bonds. The zero-order valence-electron chi connectivity index (χ0n) is 17.2. The summed E-state index contributed by atoms with van der Waals surface area (Å²) in [6, 6.07) is 5.35. The molecule has 3 rings (SSSR count). The quantitative estimate of drug-likeness (QED) is 0.685. The molecular formula is C20H24N4O4S. The average Bonchev–Trinajstić information content (AvgIpc) is 3.18. The van der Waals surface area contributed by atoms with Gasteiger partial charge in [0.2, 0.25) is 11.1 Å². The lowest BCUT2D eigenvalue weighted by Crippen LogP contribution is -2.42. The molecule has 1 aromatic heterocycles. The molecule has 9 heteroatoms. The first-order chi connectivity index (χ1) is 14.0. The van der Waals surface area contributed by atoms with E-state index in [4.69, 9.17) is 9.47 Å². The maximum atomic E-state index is 13.1. The zero-order chi connectivity index (χ0) is 21.1. The van der Waals surface area contributed by atoms with Crippen LogP contribution in [-0.4, -0.2) is 40.8 Å². The molecule has 0 radical (unpaired) electrons. The number of carbonyl (C=O) groups is 2. The van der Waals surface area contributed by atoms with E-state index < -0.39 is 0 Å². The summed E-state index contributed by atoms with van der Waals surface area (Å²) in [6.45, 7) is 5.53. The van der Waals surface area contributed by atoms with Crippen LogP contribution < -0.4 is 14.5 Å². The maximum Gasteiger partial charge on any atom is 0.246 e. The minimum absolute atomic E-state index is 0.0685. The number of amides is 1. The van der Waals surface area contributed by atoms with Crippen LogP contribution in [0.3, 0.4) is 0 Å². The third-order valence-electron chi connectivity index (χ3n) is 4.58. The number of hydrogen-bond acceptors (Lipinski definition) is 7. The van der Waals surface area contributed by atoms with E-state index in [1.165, 1.54) is 16.8 Å². The van der Waals surface area contributed by atoms with E-state index in [0.717, 1.165) is 0 Å². The summed E-state index contributed by atoms with van der Waals surface area (Å²) in [5, 5.41) is 10.4. The fourth-order valence-corrected chi connectivity index (χ4v) is 4.19. The predicted octanol–water partition coefficient (Wildman–Crippen LogP) is 3.19. The second-order valence-electron chi connectivity index (χ2n) is 6.25. The Bertz CT molecular complexity index is 983. The van der Waals surface area contributed by atoms with E-state index in [1.54, 1.807) is 44.9 Å². The number of thioether (sulfide) groups is 1. The van der Waals surface area contributed by atoms with Gasteiger partial charge in [0.15, 0.2) is 23.1 Å². The van der Waals surface area contributed by atoms with Crippen molar-refractivity contribution in [1.82, 2.24) is 14.9 Å². The van der Waals surface area contributed by atoms with Gasteiger partial charge < -0.3 is 9.47 Å². The van der Waals surface area contributed by atoms with Crippen molar-refractivity contribution in [2.45, 2.75) is 45.2 Å². The van der Waals surface area contributed by atoms with Crippen LogP contribution in [0.1, 0.15) is 45.0 Å². The normalized spacial score (nSPS) is 13.3. The van der Waals surface area contributed by atoms with Crippen molar-refractivity contribution in [3.63, 3.8) is 0 Å². The highest BCUT2D eigenvalue weighted by Gasteiger charge is 2.36. The molecule has 29 heavy (non-hydrogen) atoms. The van der Waals surface area contributed by atoms with Gasteiger partial charge in [0.1, 0.15) is 0 Å². The van der Waals surface area contributed by atoms with Crippen molar-refractivity contribution in [3.05, 3.63) is 34.5 Å². The van der Waals surface area contributed by atoms with Crippen LogP contribution in [0.25, 0.3) is 5.70 Å². The Morgan fingerprint density at radius 1 is 1.03 bits per heavy atom. The largest absolute Gasteiger partial charge is 0.493 e. The van der Waals surface area contributed by atoms with Gasteiger partial charge in [-0.2, -0.15) is 0 Å². The highest BCUT2D eigenvalue weighted by atomic mass is 32.2. The molecule has 2 aromatic rings. The molecule has 0 saturated heterocycles. The highest BCUT2D eigenvalue weighted by Crippen LogP contribution is 2.42. The number of fused-ring (bicyclic) bond motifs is 1. The molecule has 0 aliphatic carbocycles. The van der Waals surface area contributed by atoms with E-state index in [-0.39, 0.29) is 18.1 Å². The monoisotopic (exact) mass is 416 g/mol. The maximum absolute atomic E-state index is 13.1. The van der Waals surface area contributed by atoms with Gasteiger partial charge in [-0.15, -0.1) is 10.2 Å². The molecule has 1 aromatic carbocycles. The van der Waals surface area contributed by atoms with Crippen LogP contribution in [0.15, 0.2) is 28.3 Å². The molecule has 2 heterocycles. The Hall–Kier alpha value is -2.81. The number of methoxy groups -OCH3 is 2. The zero-order valence-corrected chi connectivity index (χ0v) is 18.0. The lowest BCUT2D eigenvalue weighted by Gasteiger charge is -2.33. The van der Waals surface area contributed by atoms with Gasteiger partial charge in [-0.25, -0.2) is 9.69 Å². The molecule has 154 valence electrons. The van der Waals surface area contributed by atoms with Crippen molar-refractivity contribution < 1.29 is 19.1 Å². The third-order valence-corrected chi connectivity index (χ3v) is 5.65. The number of aromatic nitrogens is 3. The lowest BCUT2D eigenvalue weighted by atomic mass is 10.1. The van der Waals surface area contributed by atoms with E-state index in [2.05, 4.69) is 10.2 Å². The van der Waals surface area contributed by atoms with Gasteiger partial charge in [0, 0.05) is 24.8 Å². The van der Waals surface area contributed by atoms with Gasteiger partial charge in [0.05, 0.1) is 24.8 Å². The average molecular weight is 417 g/mol. The fraction of sp³-hybridized carbons (Fsp3) is 0.400. The fourth-order valence-electron chi connectivity index (χ4n) is 3.09. The summed E-state index contributed by atoms with van der Waals surface area (Å²) in [7, 11) is 3.11. The Kier molecular flexibility index (Phi) is 6.26. The van der Waals surface area contributed by atoms with E-state index in [9.17, 15) is 9.59 Å². The SMILES string of the molecule is CCC(=O)C1=C(c2ccc(OC)c(OC)c2)N(C(=O)CC)n2c(CC)nnc2S1. The van der Waals surface area contributed by atoms with Crippen molar-refractivity contribution in [2.24, 2.45) is 0 Å². The Morgan fingerprint density at radius 2 is 1.76 bits per heavy atom. The van der Waals surface area contributed by atoms with Gasteiger partial charge >= 0.3 is 0 Å². The second-order valence-corrected chi connectivity index (χ2v) is 7.23. The number of carbonyl (C=O) groups excluding carboxylic acids is 2. The topological polar surface area (TPSA) is 86.5 Å². The highest BCUT2D eigenvalue weighted by molar-refractivity contribution is 8.04. The first kappa shape index (κ1) is 20.9. The number of hydrogen-bond donors (Lipinski definition) is 0. The van der Waals surface area contributed by atoms with Crippen LogP contribution in [0.2, 0.25) is 0 Å². The first-order valence-electron chi connectivity index (χ1n) is 9.45. The number of Topliss-reactive ketones (excluding diaryl/α,β-unsaturated/α-hetero) is 1. The number of benzene rings is 1. The summed E-state index contributed by atoms with van der Waals surface area (Å²) in [6.07, 6.45) is 1.16. The van der Waals surface area contributed by atoms with Crippen LogP contribution in [-0.2, 0) is 16.0 Å². The molecule has 1 aliphatic rings. The Morgan fingerprint density at radius 3 is 2.34 bits per heavy atom. The standard InChI is InChI=1S/C20H24N4O4S/c1-6-13(25)19-18(12-9-10-14(27-4)15(11-12)28-5)24(17(26)8-3)23-16(7-2)21-22-20(23)29-19/h9-11H,6-8H2,1-5H3. The molecular weight excluding hydrogens is 392 g/mol. The molecule has 1 aliphatic heterocycles. The first-order valence-corrected chi connectivity index (χ1v) is 10.3. The van der Waals surface area contributed by atoms with Crippen molar-refractivity contribution in [1.29, 1.82) is 0 Å². The molecule has 0 N–H and O–H groups in total. The van der Waals surface area contributed by atoms with E-state index in [1.807, 2.05) is 13.0 Å². The van der Waals surface area contributed by atoms with Crippen molar-refractivity contribution >= 4 is 29.1 Å². The van der Waals surface area contributed by atoms with Gasteiger partial charge in [-0.3, -0.25) is 9.59 Å². The van der Waals surface area contributed by atoms with E-state index in [0.29, 0.717) is 51.5 Å². The van der Waals surface area contributed by atoms with Gasteiger partial charge in [-0.1, -0.05) is 20.8 Å². The molecule has 0 unspecified atom stereocenters. The molecule has 0 saturated carbocycles. The minimum Gasteiger partial charge on any atom is -0.493 e. The summed E-state index contributed by atoms with van der Waals surface area (Å²) >= 11 is 1.24. The van der Waals surface area contributed by atoms with Crippen LogP contribution in [0.5, 0.6) is 11.5 Å². The summed E-state index contributed by atoms with van der Waals surface area (Å²) < 4.78 is 12.5. The number of rotatable bonds is 7. The van der Waals surface area contributed by atoms with Crippen molar-refractivity contribution in [3.8, 4) is 11.5 Å². The van der Waals surface area contributed by atoms with Gasteiger partial charge in [-0.05, 0) is 30.0 Å². The smallest absolute Gasteiger partial charge is 0.246 e. The van der Waals surface area contributed by atoms with Crippen LogP contribution in [0, 0.1) is 0 Å². The molecule has 0 spiro atoms. The second kappa shape index (κ2) is 8.69. The van der Waals surface area contributed by atoms with Crippen LogP contribution in [0.4, 0.5) is 0 Å². The molecule has 0 fully saturated rings. The summed E-state index contributed by atoms with van der Waals surface area (Å²) in [5.41, 5.74) is 1.19. The van der Waals surface area contributed by atoms with Crippen LogP contribution >= 0.6 is 11.8 Å². The molecule has 0 atom stereocenters. The van der Waals surface area contributed by atoms with E-state index >= 15 is 0 Å². The number of ketones is 1. The number of aryl methyl sites for hydroxylation is 1. The number of nitrogens with zero attached hydrogens (tertiary/aromatic N) is 4.